The van der Waals surface area contributed by atoms with Gasteiger partial charge in [0, 0.05) is 5.54 Å². The van der Waals surface area contributed by atoms with Crippen LogP contribution in [0.4, 0.5) is 0 Å². The van der Waals surface area contributed by atoms with Crippen molar-refractivity contribution >= 4 is 5.97 Å². The summed E-state index contributed by atoms with van der Waals surface area (Å²) in [7, 11) is 2.08. The summed E-state index contributed by atoms with van der Waals surface area (Å²) in [6.45, 7) is 5.27. The van der Waals surface area contributed by atoms with Crippen LogP contribution in [0, 0.1) is 11.3 Å². The fraction of sp³-hybridized carbons (Fsp3) is 0.692. The van der Waals surface area contributed by atoms with Gasteiger partial charge in [0.15, 0.2) is 0 Å². The highest BCUT2D eigenvalue weighted by Gasteiger charge is 2.32. The van der Waals surface area contributed by atoms with Gasteiger partial charge in [-0.15, -0.1) is 0 Å². The molecule has 1 aliphatic heterocycles. The van der Waals surface area contributed by atoms with E-state index in [0.29, 0.717) is 13.0 Å². The fourth-order valence-electron chi connectivity index (χ4n) is 2.12. The van der Waals surface area contributed by atoms with Gasteiger partial charge in [0.1, 0.15) is 11.6 Å². The minimum atomic E-state index is -0.515. The first-order valence-corrected chi connectivity index (χ1v) is 6.02. The maximum atomic E-state index is 11.4. The van der Waals surface area contributed by atoms with Crippen molar-refractivity contribution in [1.29, 1.82) is 5.26 Å². The number of hydrogen-bond acceptors (Lipinski definition) is 4. The highest BCUT2D eigenvalue weighted by atomic mass is 16.5. The van der Waals surface area contributed by atoms with Gasteiger partial charge in [-0.25, -0.2) is 4.79 Å². The Balaban J connectivity index is 2.68. The van der Waals surface area contributed by atoms with Gasteiger partial charge in [-0.2, -0.15) is 5.26 Å². The molecule has 4 heteroatoms. The molecule has 94 valence electrons. The zero-order chi connectivity index (χ0) is 12.9. The number of esters is 1. The van der Waals surface area contributed by atoms with Crippen LogP contribution in [0.2, 0.25) is 0 Å². The first kappa shape index (κ1) is 13.7. The molecule has 1 aliphatic rings. The molecular formula is C13H20N2O2. The minimum Gasteiger partial charge on any atom is -0.462 e. The van der Waals surface area contributed by atoms with Crippen LogP contribution >= 0.6 is 0 Å². The Morgan fingerprint density at radius 1 is 1.65 bits per heavy atom. The number of nitrogens with zero attached hydrogens (tertiary/aromatic N) is 2. The molecular weight excluding hydrogens is 216 g/mol. The first-order chi connectivity index (χ1) is 8.03. The second-order valence-corrected chi connectivity index (χ2v) is 4.68. The van der Waals surface area contributed by atoms with Gasteiger partial charge in [0.05, 0.1) is 6.61 Å². The summed E-state index contributed by atoms with van der Waals surface area (Å²) < 4.78 is 4.83. The van der Waals surface area contributed by atoms with Crippen LogP contribution in [0.3, 0.4) is 0 Å². The minimum absolute atomic E-state index is 0.0641. The van der Waals surface area contributed by atoms with Gasteiger partial charge in [0.2, 0.25) is 0 Å². The lowest BCUT2D eigenvalue weighted by atomic mass is 9.93. The summed E-state index contributed by atoms with van der Waals surface area (Å²) in [4.78, 5) is 13.7. The topological polar surface area (TPSA) is 53.3 Å². The Hall–Kier alpha value is -1.34. The Morgan fingerprint density at radius 3 is 2.82 bits per heavy atom. The Kier molecular flexibility index (Phi) is 4.71. The Morgan fingerprint density at radius 2 is 2.35 bits per heavy atom. The SMILES string of the molecule is CCOC(=O)/C(C#N)=C\CC1(C)CCCN1C. The van der Waals surface area contributed by atoms with Gasteiger partial charge in [0.25, 0.3) is 0 Å². The molecule has 17 heavy (non-hydrogen) atoms. The second kappa shape index (κ2) is 5.83. The van der Waals surface area contributed by atoms with Crippen LogP contribution in [0.15, 0.2) is 11.6 Å². The lowest BCUT2D eigenvalue weighted by Crippen LogP contribution is -2.37. The maximum absolute atomic E-state index is 11.4. The molecule has 0 amide bonds. The van der Waals surface area contributed by atoms with Gasteiger partial charge < -0.3 is 9.64 Å². The average Bonchev–Trinajstić information content (AvgIpc) is 2.61. The van der Waals surface area contributed by atoms with Gasteiger partial charge in [-0.3, -0.25) is 0 Å². The van der Waals surface area contributed by atoms with E-state index in [-0.39, 0.29) is 11.1 Å². The van der Waals surface area contributed by atoms with Gasteiger partial charge in [-0.05, 0) is 46.7 Å². The fourth-order valence-corrected chi connectivity index (χ4v) is 2.12. The third-order valence-electron chi connectivity index (χ3n) is 3.49. The molecule has 0 aromatic heterocycles. The van der Waals surface area contributed by atoms with Gasteiger partial charge in [-0.1, -0.05) is 6.08 Å². The summed E-state index contributed by atoms with van der Waals surface area (Å²) in [5, 5.41) is 8.91. The molecule has 1 fully saturated rings. The van der Waals surface area contributed by atoms with Crippen LogP contribution in [0.25, 0.3) is 0 Å². The molecule has 1 atom stereocenters. The number of hydrogen-bond donors (Lipinski definition) is 0. The smallest absolute Gasteiger partial charge is 0.348 e. The molecule has 0 bridgehead atoms. The van der Waals surface area contributed by atoms with Crippen molar-refractivity contribution < 1.29 is 9.53 Å². The monoisotopic (exact) mass is 236 g/mol. The molecule has 4 nitrogen and oxygen atoms in total. The van der Waals surface area contributed by atoms with E-state index in [1.807, 2.05) is 6.07 Å². The molecule has 0 saturated carbocycles. The summed E-state index contributed by atoms with van der Waals surface area (Å²) in [5.74, 6) is -0.515. The lowest BCUT2D eigenvalue weighted by Gasteiger charge is -2.31. The number of rotatable bonds is 4. The van der Waals surface area contributed by atoms with Crippen molar-refractivity contribution in [3.05, 3.63) is 11.6 Å². The number of likely N-dealkylation sites (tertiary alicyclic amines) is 1. The Bertz CT molecular complexity index is 357. The van der Waals surface area contributed by atoms with Crippen LogP contribution in [-0.4, -0.2) is 36.6 Å². The number of ether oxygens (including phenoxy) is 1. The Labute approximate surface area is 103 Å². The van der Waals surface area contributed by atoms with Crippen molar-refractivity contribution in [2.45, 2.75) is 38.6 Å². The first-order valence-electron chi connectivity index (χ1n) is 6.02. The summed E-state index contributed by atoms with van der Waals surface area (Å²) >= 11 is 0. The van der Waals surface area contributed by atoms with Crippen LogP contribution in [0.1, 0.15) is 33.1 Å². The third-order valence-corrected chi connectivity index (χ3v) is 3.49. The largest absolute Gasteiger partial charge is 0.462 e. The molecule has 1 saturated heterocycles. The summed E-state index contributed by atoms with van der Waals surface area (Å²) in [6, 6.07) is 1.91. The third kappa shape index (κ3) is 3.31. The van der Waals surface area contributed by atoms with E-state index < -0.39 is 5.97 Å². The summed E-state index contributed by atoms with van der Waals surface area (Å²) in [6.07, 6.45) is 4.69. The normalized spacial score (nSPS) is 25.6. The van der Waals surface area contributed by atoms with Crippen molar-refractivity contribution in [3.63, 3.8) is 0 Å². The molecule has 1 rings (SSSR count). The van der Waals surface area contributed by atoms with E-state index in [2.05, 4.69) is 18.9 Å². The number of nitriles is 1. The molecule has 1 unspecified atom stereocenters. The van der Waals surface area contributed by atoms with E-state index in [4.69, 9.17) is 10.00 Å². The summed E-state index contributed by atoms with van der Waals surface area (Å²) in [5.41, 5.74) is 0.183. The quantitative estimate of drug-likeness (QED) is 0.425. The van der Waals surface area contributed by atoms with E-state index in [1.165, 1.54) is 6.42 Å². The predicted octanol–water partition coefficient (Wildman–Crippen LogP) is 1.87. The van der Waals surface area contributed by atoms with Crippen LogP contribution in [0.5, 0.6) is 0 Å². The van der Waals surface area contributed by atoms with E-state index in [1.54, 1.807) is 13.0 Å². The zero-order valence-corrected chi connectivity index (χ0v) is 10.8. The van der Waals surface area contributed by atoms with E-state index in [9.17, 15) is 4.79 Å². The molecule has 0 N–H and O–H groups in total. The number of carbonyl (C=O) groups is 1. The van der Waals surface area contributed by atoms with Gasteiger partial charge >= 0.3 is 5.97 Å². The van der Waals surface area contributed by atoms with Crippen molar-refractivity contribution in [2.24, 2.45) is 0 Å². The second-order valence-electron chi connectivity index (χ2n) is 4.68. The van der Waals surface area contributed by atoms with Crippen molar-refractivity contribution in [1.82, 2.24) is 4.90 Å². The zero-order valence-electron chi connectivity index (χ0n) is 10.8. The highest BCUT2D eigenvalue weighted by Crippen LogP contribution is 2.31. The van der Waals surface area contributed by atoms with E-state index in [0.717, 1.165) is 13.0 Å². The molecule has 0 radical (unpaired) electrons. The predicted molar refractivity (Wildman–Crippen MR) is 65.2 cm³/mol. The molecule has 0 aromatic rings. The van der Waals surface area contributed by atoms with Crippen molar-refractivity contribution in [3.8, 4) is 6.07 Å². The molecule has 0 aliphatic carbocycles. The van der Waals surface area contributed by atoms with Crippen LogP contribution in [-0.2, 0) is 9.53 Å². The number of carbonyl (C=O) groups excluding carboxylic acids is 1. The lowest BCUT2D eigenvalue weighted by molar-refractivity contribution is -0.138. The standard InChI is InChI=1S/C13H20N2O2/c1-4-17-12(16)11(10-14)6-8-13(2)7-5-9-15(13)3/h6H,4-5,7-9H2,1-3H3/b11-6-. The maximum Gasteiger partial charge on any atom is 0.348 e. The molecule has 0 aromatic carbocycles. The van der Waals surface area contributed by atoms with Crippen LogP contribution < -0.4 is 0 Å². The highest BCUT2D eigenvalue weighted by molar-refractivity contribution is 5.92. The average molecular weight is 236 g/mol. The molecule has 0 spiro atoms. The van der Waals surface area contributed by atoms with E-state index >= 15 is 0 Å². The molecule has 1 heterocycles. The van der Waals surface area contributed by atoms with Crippen molar-refractivity contribution in [2.75, 3.05) is 20.2 Å².